The van der Waals surface area contributed by atoms with Gasteiger partial charge in [0.25, 0.3) is 0 Å². The molecular formula is C27H53BrN2O. The highest BCUT2D eigenvalue weighted by molar-refractivity contribution is 9.09. The van der Waals surface area contributed by atoms with Crippen molar-refractivity contribution in [3.05, 3.63) is 0 Å². The summed E-state index contributed by atoms with van der Waals surface area (Å²) in [5, 5.41) is 10.4. The molecule has 184 valence electrons. The highest BCUT2D eigenvalue weighted by atomic mass is 79.9. The van der Waals surface area contributed by atoms with Gasteiger partial charge in [0.05, 0.1) is 6.54 Å². The van der Waals surface area contributed by atoms with Crippen LogP contribution in [0, 0.1) is 0 Å². The number of rotatable bonds is 22. The van der Waals surface area contributed by atoms with Crippen LogP contribution in [0.1, 0.15) is 142 Å². The quantitative estimate of drug-likeness (QED) is 0.0915. The molecule has 1 heterocycles. The molecule has 3 nitrogen and oxygen atoms in total. The van der Waals surface area contributed by atoms with Crippen molar-refractivity contribution >= 4 is 21.8 Å². The Morgan fingerprint density at radius 3 is 1.52 bits per heavy atom. The summed E-state index contributed by atoms with van der Waals surface area (Å²) in [5.74, 6) is 0.895. The lowest BCUT2D eigenvalue weighted by molar-refractivity contribution is 0.210. The number of halogens is 1. The van der Waals surface area contributed by atoms with Crippen LogP contribution in [0.2, 0.25) is 0 Å². The maximum absolute atomic E-state index is 10.4. The smallest absolute Gasteiger partial charge is 0.129 e. The second-order valence-electron chi connectivity index (χ2n) is 9.63. The predicted molar refractivity (Wildman–Crippen MR) is 141 cm³/mol. The molecule has 1 aliphatic heterocycles. The topological polar surface area (TPSA) is 35.8 Å². The molecular weight excluding hydrogens is 448 g/mol. The normalized spacial score (nSPS) is 17.4. The van der Waals surface area contributed by atoms with E-state index in [4.69, 9.17) is 0 Å². The number of alkyl halides is 1. The van der Waals surface area contributed by atoms with E-state index >= 15 is 0 Å². The number of hydrogen-bond donors (Lipinski definition) is 1. The molecule has 0 aliphatic carbocycles. The van der Waals surface area contributed by atoms with Crippen molar-refractivity contribution in [1.29, 1.82) is 0 Å². The molecule has 0 radical (unpaired) electrons. The van der Waals surface area contributed by atoms with Crippen molar-refractivity contribution in [2.45, 2.75) is 153 Å². The Morgan fingerprint density at radius 1 is 0.742 bits per heavy atom. The van der Waals surface area contributed by atoms with Crippen LogP contribution in [0.25, 0.3) is 0 Å². The van der Waals surface area contributed by atoms with Gasteiger partial charge >= 0.3 is 0 Å². The molecule has 0 aromatic rings. The van der Waals surface area contributed by atoms with Crippen LogP contribution in [-0.4, -0.2) is 40.0 Å². The Morgan fingerprint density at radius 2 is 1.13 bits per heavy atom. The van der Waals surface area contributed by atoms with Crippen LogP contribution in [0.15, 0.2) is 4.99 Å². The summed E-state index contributed by atoms with van der Waals surface area (Å²) >= 11 is 3.55. The number of hydrogen-bond acceptors (Lipinski definition) is 3. The van der Waals surface area contributed by atoms with Gasteiger partial charge in [0.2, 0.25) is 0 Å². The van der Waals surface area contributed by atoms with E-state index in [2.05, 4.69) is 39.7 Å². The Labute approximate surface area is 203 Å². The first-order valence-corrected chi connectivity index (χ1v) is 14.7. The zero-order valence-electron chi connectivity index (χ0n) is 20.9. The number of aliphatic imine (C=N–C) groups is 1. The van der Waals surface area contributed by atoms with Crippen LogP contribution < -0.4 is 0 Å². The van der Waals surface area contributed by atoms with Crippen molar-refractivity contribution in [3.63, 3.8) is 0 Å². The average molecular weight is 502 g/mol. The standard InChI is InChI=1S/C27H53BrN2O/c1-3-5-6-7-8-9-10-11-12-13-14-15-16-17-18-19-20-21-22-23-25(31)27-29-26(28)24-30(27)4-2/h25-26,31H,3-24H2,1-2H3. The maximum atomic E-state index is 10.4. The second kappa shape index (κ2) is 20.5. The van der Waals surface area contributed by atoms with Crippen LogP contribution in [0.4, 0.5) is 0 Å². The summed E-state index contributed by atoms with van der Waals surface area (Å²) in [5.41, 5.74) is 0. The minimum Gasteiger partial charge on any atom is -0.385 e. The Kier molecular flexibility index (Phi) is 19.2. The molecule has 2 atom stereocenters. The van der Waals surface area contributed by atoms with Gasteiger partial charge in [-0.1, -0.05) is 145 Å². The van der Waals surface area contributed by atoms with Gasteiger partial charge in [0.1, 0.15) is 16.9 Å². The molecule has 0 saturated carbocycles. The summed E-state index contributed by atoms with van der Waals surface area (Å²) in [4.78, 5) is 6.90. The monoisotopic (exact) mass is 500 g/mol. The van der Waals surface area contributed by atoms with Gasteiger partial charge in [0, 0.05) is 6.54 Å². The van der Waals surface area contributed by atoms with E-state index in [0.29, 0.717) is 0 Å². The molecule has 4 heteroatoms. The number of likely N-dealkylation sites (N-methyl/N-ethyl adjacent to an activating group) is 1. The number of nitrogens with zero attached hydrogens (tertiary/aromatic N) is 2. The average Bonchev–Trinajstić information content (AvgIpc) is 3.16. The van der Waals surface area contributed by atoms with Crippen molar-refractivity contribution in [3.8, 4) is 0 Å². The molecule has 0 aromatic carbocycles. The fraction of sp³-hybridized carbons (Fsp3) is 0.963. The summed E-state index contributed by atoms with van der Waals surface area (Å²) < 4.78 is 0. The third kappa shape index (κ3) is 15.4. The number of unbranched alkanes of at least 4 members (excludes halogenated alkanes) is 18. The van der Waals surface area contributed by atoms with Gasteiger partial charge < -0.3 is 10.0 Å². The minimum atomic E-state index is -0.381. The summed E-state index contributed by atoms with van der Waals surface area (Å²) in [7, 11) is 0. The predicted octanol–water partition coefficient (Wildman–Crippen LogP) is 8.62. The van der Waals surface area contributed by atoms with Crippen molar-refractivity contribution < 1.29 is 5.11 Å². The van der Waals surface area contributed by atoms with E-state index in [9.17, 15) is 5.11 Å². The molecule has 0 aromatic heterocycles. The Bertz CT molecular complexity index is 429. The van der Waals surface area contributed by atoms with E-state index in [1.54, 1.807) is 0 Å². The first-order valence-electron chi connectivity index (χ1n) is 13.8. The van der Waals surface area contributed by atoms with Gasteiger partial charge in [-0.05, 0) is 13.3 Å². The molecule has 0 saturated heterocycles. The zero-order chi connectivity index (χ0) is 22.6. The summed E-state index contributed by atoms with van der Waals surface area (Å²) in [6, 6.07) is 0. The van der Waals surface area contributed by atoms with Crippen LogP contribution in [0.5, 0.6) is 0 Å². The molecule has 0 fully saturated rings. The number of amidine groups is 1. The van der Waals surface area contributed by atoms with E-state index in [-0.39, 0.29) is 11.1 Å². The minimum absolute atomic E-state index is 0.155. The SMILES string of the molecule is CCCCCCCCCCCCCCCCCCCCCC(O)C1=NC(Br)CN1CC. The van der Waals surface area contributed by atoms with Gasteiger partial charge in [-0.15, -0.1) is 0 Å². The van der Waals surface area contributed by atoms with E-state index in [1.165, 1.54) is 116 Å². The zero-order valence-corrected chi connectivity index (χ0v) is 22.5. The maximum Gasteiger partial charge on any atom is 0.129 e. The number of aliphatic hydroxyl groups excluding tert-OH is 1. The lowest BCUT2D eigenvalue weighted by Gasteiger charge is -2.22. The summed E-state index contributed by atoms with van der Waals surface area (Å²) in [6.07, 6.45) is 27.1. The molecule has 0 bridgehead atoms. The van der Waals surface area contributed by atoms with Gasteiger partial charge in [-0.2, -0.15) is 0 Å². The second-order valence-corrected chi connectivity index (χ2v) is 10.7. The third-order valence-corrected chi connectivity index (χ3v) is 7.22. The first kappa shape index (κ1) is 28.9. The fourth-order valence-corrected chi connectivity index (χ4v) is 5.23. The molecule has 0 amide bonds. The van der Waals surface area contributed by atoms with Crippen LogP contribution in [-0.2, 0) is 0 Å². The molecule has 1 rings (SSSR count). The van der Waals surface area contributed by atoms with Gasteiger partial charge in [-0.25, -0.2) is 0 Å². The molecule has 2 unspecified atom stereocenters. The number of aliphatic hydroxyl groups is 1. The highest BCUT2D eigenvalue weighted by Crippen LogP contribution is 2.19. The Hall–Kier alpha value is -0.0900. The Balaban J connectivity index is 1.78. The fourth-order valence-electron chi connectivity index (χ4n) is 4.67. The lowest BCUT2D eigenvalue weighted by Crippen LogP contribution is -2.36. The molecule has 31 heavy (non-hydrogen) atoms. The van der Waals surface area contributed by atoms with E-state index in [0.717, 1.165) is 31.8 Å². The van der Waals surface area contributed by atoms with Crippen molar-refractivity contribution in [1.82, 2.24) is 4.90 Å². The first-order chi connectivity index (χ1) is 15.2. The van der Waals surface area contributed by atoms with E-state index < -0.39 is 0 Å². The highest BCUT2D eigenvalue weighted by Gasteiger charge is 2.26. The van der Waals surface area contributed by atoms with Gasteiger partial charge in [-0.3, -0.25) is 4.99 Å². The lowest BCUT2D eigenvalue weighted by atomic mass is 10.0. The van der Waals surface area contributed by atoms with Crippen molar-refractivity contribution in [2.24, 2.45) is 4.99 Å². The molecule has 1 N–H and O–H groups in total. The van der Waals surface area contributed by atoms with Crippen molar-refractivity contribution in [2.75, 3.05) is 13.1 Å². The third-order valence-electron chi connectivity index (χ3n) is 6.73. The molecule has 1 aliphatic rings. The molecule has 0 spiro atoms. The van der Waals surface area contributed by atoms with Crippen LogP contribution in [0.3, 0.4) is 0 Å². The van der Waals surface area contributed by atoms with E-state index in [1.807, 2.05) is 0 Å². The summed E-state index contributed by atoms with van der Waals surface area (Å²) in [6.45, 7) is 6.24. The van der Waals surface area contributed by atoms with Crippen LogP contribution >= 0.6 is 15.9 Å². The largest absolute Gasteiger partial charge is 0.385 e. The van der Waals surface area contributed by atoms with Gasteiger partial charge in [0.15, 0.2) is 0 Å².